The summed E-state index contributed by atoms with van der Waals surface area (Å²) in [6, 6.07) is 17.6. The Bertz CT molecular complexity index is 847. The number of aromatic nitrogens is 2. The second kappa shape index (κ2) is 7.57. The molecule has 0 saturated carbocycles. The molecule has 0 aliphatic heterocycles. The molecule has 5 heteroatoms. The van der Waals surface area contributed by atoms with Gasteiger partial charge in [0.2, 0.25) is 0 Å². The summed E-state index contributed by atoms with van der Waals surface area (Å²) in [6.45, 7) is 4.51. The van der Waals surface area contributed by atoms with Gasteiger partial charge < -0.3 is 10.2 Å². The van der Waals surface area contributed by atoms with E-state index in [1.54, 1.807) is 11.1 Å². The summed E-state index contributed by atoms with van der Waals surface area (Å²) in [4.78, 5) is 23.0. The number of anilines is 3. The van der Waals surface area contributed by atoms with Crippen molar-refractivity contribution in [2.24, 2.45) is 0 Å². The molecule has 1 heterocycles. The Morgan fingerprint density at radius 2 is 1.84 bits per heavy atom. The van der Waals surface area contributed by atoms with E-state index in [0.29, 0.717) is 18.1 Å². The first-order valence-electron chi connectivity index (χ1n) is 8.20. The van der Waals surface area contributed by atoms with Crippen molar-refractivity contribution >= 4 is 23.1 Å². The Hall–Kier alpha value is -3.21. The van der Waals surface area contributed by atoms with E-state index in [1.165, 1.54) is 6.20 Å². The number of benzene rings is 2. The van der Waals surface area contributed by atoms with E-state index in [0.717, 1.165) is 16.9 Å². The van der Waals surface area contributed by atoms with Gasteiger partial charge >= 0.3 is 0 Å². The van der Waals surface area contributed by atoms with Gasteiger partial charge in [0.1, 0.15) is 11.5 Å². The first-order chi connectivity index (χ1) is 12.2. The second-order valence-corrected chi connectivity index (χ2v) is 5.67. The van der Waals surface area contributed by atoms with Crippen LogP contribution in [0.2, 0.25) is 0 Å². The number of aryl methyl sites for hydroxylation is 1. The van der Waals surface area contributed by atoms with Gasteiger partial charge in [0, 0.05) is 17.9 Å². The molecule has 126 valence electrons. The van der Waals surface area contributed by atoms with Crippen molar-refractivity contribution in [2.75, 3.05) is 16.8 Å². The molecule has 0 aliphatic rings. The maximum atomic E-state index is 12.8. The lowest BCUT2D eigenvalue weighted by molar-refractivity contribution is 0.0983. The van der Waals surface area contributed by atoms with Gasteiger partial charge in [-0.25, -0.2) is 9.97 Å². The number of hydrogen-bond donors (Lipinski definition) is 1. The molecule has 25 heavy (non-hydrogen) atoms. The third-order valence-corrected chi connectivity index (χ3v) is 3.79. The summed E-state index contributed by atoms with van der Waals surface area (Å²) in [5, 5.41) is 3.15. The Labute approximate surface area is 147 Å². The highest BCUT2D eigenvalue weighted by atomic mass is 16.2. The molecule has 5 nitrogen and oxygen atoms in total. The summed E-state index contributed by atoms with van der Waals surface area (Å²) in [7, 11) is 0. The van der Waals surface area contributed by atoms with Crippen LogP contribution in [0, 0.1) is 6.92 Å². The van der Waals surface area contributed by atoms with Gasteiger partial charge in [0.25, 0.3) is 5.91 Å². The molecule has 1 N–H and O–H groups in total. The van der Waals surface area contributed by atoms with Crippen LogP contribution in [0.4, 0.5) is 17.2 Å². The van der Waals surface area contributed by atoms with Gasteiger partial charge in [-0.05, 0) is 43.7 Å². The SMILES string of the molecule is CCN(C(=O)c1cnc(Nc2ccccc2)cn1)c1cccc(C)c1. The number of para-hydroxylation sites is 1. The summed E-state index contributed by atoms with van der Waals surface area (Å²) in [6.07, 6.45) is 3.08. The molecule has 3 aromatic rings. The Morgan fingerprint density at radius 1 is 1.04 bits per heavy atom. The lowest BCUT2D eigenvalue weighted by Gasteiger charge is -2.21. The fourth-order valence-corrected chi connectivity index (χ4v) is 2.55. The number of hydrogen-bond acceptors (Lipinski definition) is 4. The molecular formula is C20H20N4O. The van der Waals surface area contributed by atoms with Gasteiger partial charge in [-0.2, -0.15) is 0 Å². The molecule has 3 rings (SSSR count). The number of amides is 1. The summed E-state index contributed by atoms with van der Waals surface area (Å²) in [5.41, 5.74) is 3.21. The van der Waals surface area contributed by atoms with Crippen LogP contribution in [0.25, 0.3) is 0 Å². The average Bonchev–Trinajstić information content (AvgIpc) is 2.64. The number of nitrogens with zero attached hydrogens (tertiary/aromatic N) is 3. The zero-order valence-corrected chi connectivity index (χ0v) is 14.3. The van der Waals surface area contributed by atoms with Crippen molar-refractivity contribution in [2.45, 2.75) is 13.8 Å². The number of carbonyl (C=O) groups excluding carboxylic acids is 1. The third-order valence-electron chi connectivity index (χ3n) is 3.79. The minimum Gasteiger partial charge on any atom is -0.339 e. The average molecular weight is 332 g/mol. The molecule has 0 saturated heterocycles. The summed E-state index contributed by atoms with van der Waals surface area (Å²) in [5.74, 6) is 0.438. The first kappa shape index (κ1) is 16.6. The molecule has 2 aromatic carbocycles. The number of rotatable bonds is 5. The van der Waals surface area contributed by atoms with Crippen molar-refractivity contribution < 1.29 is 4.79 Å². The standard InChI is InChI=1S/C20H20N4O/c1-3-24(17-11-7-8-15(2)12-17)20(25)18-13-22-19(14-21-18)23-16-9-5-4-6-10-16/h4-14H,3H2,1-2H3,(H,22,23). The van der Waals surface area contributed by atoms with E-state index >= 15 is 0 Å². The zero-order valence-electron chi connectivity index (χ0n) is 14.3. The Kier molecular flexibility index (Phi) is 5.04. The summed E-state index contributed by atoms with van der Waals surface area (Å²) >= 11 is 0. The fraction of sp³-hybridized carbons (Fsp3) is 0.150. The lowest BCUT2D eigenvalue weighted by atomic mass is 10.2. The fourth-order valence-electron chi connectivity index (χ4n) is 2.55. The van der Waals surface area contributed by atoms with E-state index in [9.17, 15) is 4.79 Å². The van der Waals surface area contributed by atoms with Crippen molar-refractivity contribution in [3.8, 4) is 0 Å². The van der Waals surface area contributed by atoms with Crippen LogP contribution in [-0.2, 0) is 0 Å². The maximum absolute atomic E-state index is 12.8. The zero-order chi connectivity index (χ0) is 17.6. The van der Waals surface area contributed by atoms with Gasteiger partial charge in [-0.3, -0.25) is 4.79 Å². The lowest BCUT2D eigenvalue weighted by Crippen LogP contribution is -2.31. The molecular weight excluding hydrogens is 312 g/mol. The normalized spacial score (nSPS) is 10.3. The quantitative estimate of drug-likeness (QED) is 0.761. The third kappa shape index (κ3) is 4.01. The molecule has 0 spiro atoms. The Balaban J connectivity index is 1.77. The van der Waals surface area contributed by atoms with Crippen molar-refractivity contribution in [3.63, 3.8) is 0 Å². The van der Waals surface area contributed by atoms with Gasteiger partial charge in [-0.15, -0.1) is 0 Å². The van der Waals surface area contributed by atoms with Crippen LogP contribution in [0.5, 0.6) is 0 Å². The molecule has 0 atom stereocenters. The van der Waals surface area contributed by atoms with Crippen LogP contribution < -0.4 is 10.2 Å². The monoisotopic (exact) mass is 332 g/mol. The van der Waals surface area contributed by atoms with E-state index in [4.69, 9.17) is 0 Å². The topological polar surface area (TPSA) is 58.1 Å². The van der Waals surface area contributed by atoms with Gasteiger partial charge in [0.05, 0.1) is 12.4 Å². The highest BCUT2D eigenvalue weighted by molar-refractivity contribution is 6.04. The highest BCUT2D eigenvalue weighted by Gasteiger charge is 2.18. The van der Waals surface area contributed by atoms with E-state index in [1.807, 2.05) is 68.4 Å². The highest BCUT2D eigenvalue weighted by Crippen LogP contribution is 2.18. The van der Waals surface area contributed by atoms with Crippen LogP contribution in [0.1, 0.15) is 23.0 Å². The number of carbonyl (C=O) groups is 1. The minimum absolute atomic E-state index is 0.160. The van der Waals surface area contributed by atoms with Crippen LogP contribution >= 0.6 is 0 Å². The minimum atomic E-state index is -0.160. The molecule has 0 radical (unpaired) electrons. The predicted molar refractivity (Wildman–Crippen MR) is 100 cm³/mol. The molecule has 1 amide bonds. The molecule has 0 bridgehead atoms. The van der Waals surface area contributed by atoms with E-state index in [-0.39, 0.29) is 5.91 Å². The van der Waals surface area contributed by atoms with Crippen LogP contribution in [0.15, 0.2) is 67.0 Å². The van der Waals surface area contributed by atoms with Gasteiger partial charge in [0.15, 0.2) is 0 Å². The first-order valence-corrected chi connectivity index (χ1v) is 8.20. The molecule has 0 aliphatic carbocycles. The molecule has 0 unspecified atom stereocenters. The van der Waals surface area contributed by atoms with Crippen molar-refractivity contribution in [3.05, 3.63) is 78.2 Å². The largest absolute Gasteiger partial charge is 0.339 e. The van der Waals surface area contributed by atoms with Crippen LogP contribution in [0.3, 0.4) is 0 Å². The smallest absolute Gasteiger partial charge is 0.278 e. The summed E-state index contributed by atoms with van der Waals surface area (Å²) < 4.78 is 0. The second-order valence-electron chi connectivity index (χ2n) is 5.67. The Morgan fingerprint density at radius 3 is 2.48 bits per heavy atom. The van der Waals surface area contributed by atoms with E-state index in [2.05, 4.69) is 15.3 Å². The molecule has 0 fully saturated rings. The maximum Gasteiger partial charge on any atom is 0.278 e. The van der Waals surface area contributed by atoms with E-state index < -0.39 is 0 Å². The molecule has 1 aromatic heterocycles. The van der Waals surface area contributed by atoms with Crippen molar-refractivity contribution in [1.82, 2.24) is 9.97 Å². The van der Waals surface area contributed by atoms with Crippen molar-refractivity contribution in [1.29, 1.82) is 0 Å². The van der Waals surface area contributed by atoms with Gasteiger partial charge in [-0.1, -0.05) is 30.3 Å². The van der Waals surface area contributed by atoms with Crippen LogP contribution in [-0.4, -0.2) is 22.4 Å². The number of nitrogens with one attached hydrogen (secondary N) is 1. The predicted octanol–water partition coefficient (Wildman–Crippen LogP) is 4.20.